The number of ether oxygens (including phenoxy) is 2. The van der Waals surface area contributed by atoms with E-state index in [-0.39, 0.29) is 5.91 Å². The van der Waals surface area contributed by atoms with Crippen LogP contribution in [0.5, 0.6) is 11.5 Å². The van der Waals surface area contributed by atoms with Gasteiger partial charge in [-0.2, -0.15) is 0 Å². The lowest BCUT2D eigenvalue weighted by molar-refractivity contribution is 0.0471. The molecule has 1 atom stereocenters. The highest BCUT2D eigenvalue weighted by Gasteiger charge is 2.25. The quantitative estimate of drug-likeness (QED) is 0.895. The van der Waals surface area contributed by atoms with Crippen molar-refractivity contribution < 1.29 is 19.4 Å². The van der Waals surface area contributed by atoms with Crippen molar-refractivity contribution in [1.29, 1.82) is 0 Å². The molecule has 1 aliphatic heterocycles. The number of aliphatic hydroxyl groups is 1. The van der Waals surface area contributed by atoms with E-state index in [1.54, 1.807) is 30.2 Å². The van der Waals surface area contributed by atoms with E-state index in [1.807, 2.05) is 0 Å². The van der Waals surface area contributed by atoms with Crippen molar-refractivity contribution >= 4 is 5.91 Å². The molecule has 1 unspecified atom stereocenters. The summed E-state index contributed by atoms with van der Waals surface area (Å²) >= 11 is 0. The van der Waals surface area contributed by atoms with Gasteiger partial charge in [0, 0.05) is 19.2 Å². The number of aliphatic hydroxyl groups excluding tert-OH is 1. The molecule has 1 saturated heterocycles. The monoisotopic (exact) mass is 265 g/mol. The van der Waals surface area contributed by atoms with Crippen LogP contribution in [-0.4, -0.2) is 49.3 Å². The normalized spacial score (nSPS) is 19.1. The van der Waals surface area contributed by atoms with Crippen molar-refractivity contribution in [2.45, 2.75) is 18.9 Å². The van der Waals surface area contributed by atoms with Crippen molar-refractivity contribution in [2.75, 3.05) is 27.3 Å². The third kappa shape index (κ3) is 2.98. The molecule has 0 bridgehead atoms. The molecular formula is C14H19NO4. The molecule has 0 spiro atoms. The predicted octanol–water partition coefficient (Wildman–Crippen LogP) is 1.30. The van der Waals surface area contributed by atoms with E-state index in [9.17, 15) is 9.90 Å². The Balaban J connectivity index is 2.22. The Kier molecular flexibility index (Phi) is 4.27. The third-order valence-electron chi connectivity index (χ3n) is 3.32. The largest absolute Gasteiger partial charge is 0.497 e. The first-order valence-electron chi connectivity index (χ1n) is 6.35. The molecular weight excluding hydrogens is 246 g/mol. The molecule has 19 heavy (non-hydrogen) atoms. The van der Waals surface area contributed by atoms with E-state index >= 15 is 0 Å². The Morgan fingerprint density at radius 2 is 2.16 bits per heavy atom. The summed E-state index contributed by atoms with van der Waals surface area (Å²) in [5.41, 5.74) is 0.498. The van der Waals surface area contributed by atoms with E-state index in [4.69, 9.17) is 9.47 Å². The van der Waals surface area contributed by atoms with Gasteiger partial charge >= 0.3 is 0 Å². The van der Waals surface area contributed by atoms with E-state index in [1.165, 1.54) is 7.11 Å². The molecule has 0 saturated carbocycles. The summed E-state index contributed by atoms with van der Waals surface area (Å²) in [4.78, 5) is 14.1. The van der Waals surface area contributed by atoms with Gasteiger partial charge in [-0.25, -0.2) is 0 Å². The van der Waals surface area contributed by atoms with Crippen LogP contribution in [0.2, 0.25) is 0 Å². The topological polar surface area (TPSA) is 59.0 Å². The molecule has 1 aromatic rings. The zero-order valence-electron chi connectivity index (χ0n) is 11.3. The van der Waals surface area contributed by atoms with Crippen LogP contribution in [0.4, 0.5) is 0 Å². The zero-order valence-corrected chi connectivity index (χ0v) is 11.3. The van der Waals surface area contributed by atoms with Crippen molar-refractivity contribution in [3.8, 4) is 11.5 Å². The molecule has 0 radical (unpaired) electrons. The molecule has 0 aromatic heterocycles. The molecule has 104 valence electrons. The van der Waals surface area contributed by atoms with Gasteiger partial charge in [0.15, 0.2) is 0 Å². The summed E-state index contributed by atoms with van der Waals surface area (Å²) in [6.07, 6.45) is 1.15. The van der Waals surface area contributed by atoms with Crippen LogP contribution in [0.1, 0.15) is 23.2 Å². The first-order valence-corrected chi connectivity index (χ1v) is 6.35. The number of amides is 1. The summed E-state index contributed by atoms with van der Waals surface area (Å²) < 4.78 is 10.3. The third-order valence-corrected chi connectivity index (χ3v) is 3.32. The number of likely N-dealkylation sites (tertiary alicyclic amines) is 1. The van der Waals surface area contributed by atoms with Crippen LogP contribution >= 0.6 is 0 Å². The number of carbonyl (C=O) groups excluding carboxylic acids is 1. The van der Waals surface area contributed by atoms with Crippen LogP contribution in [0.25, 0.3) is 0 Å². The van der Waals surface area contributed by atoms with Crippen molar-refractivity contribution in [3.63, 3.8) is 0 Å². The van der Waals surface area contributed by atoms with Crippen molar-refractivity contribution in [3.05, 3.63) is 23.8 Å². The number of methoxy groups -OCH3 is 2. The fourth-order valence-corrected chi connectivity index (χ4v) is 2.28. The first-order chi connectivity index (χ1) is 9.15. The lowest BCUT2D eigenvalue weighted by atomic mass is 10.1. The Morgan fingerprint density at radius 1 is 1.37 bits per heavy atom. The van der Waals surface area contributed by atoms with Gasteiger partial charge in [-0.15, -0.1) is 0 Å². The maximum Gasteiger partial charge on any atom is 0.257 e. The predicted molar refractivity (Wildman–Crippen MR) is 70.7 cm³/mol. The maximum absolute atomic E-state index is 12.4. The fourth-order valence-electron chi connectivity index (χ4n) is 2.28. The summed E-state index contributed by atoms with van der Waals surface area (Å²) in [6.45, 7) is 1.05. The molecule has 2 rings (SSSR count). The molecule has 1 N–H and O–H groups in total. The number of rotatable bonds is 3. The summed E-state index contributed by atoms with van der Waals surface area (Å²) in [6, 6.07) is 5.12. The average Bonchev–Trinajstić information content (AvgIpc) is 2.45. The Bertz CT molecular complexity index is 461. The van der Waals surface area contributed by atoms with Gasteiger partial charge in [-0.3, -0.25) is 4.79 Å². The minimum absolute atomic E-state index is 0.113. The van der Waals surface area contributed by atoms with E-state index < -0.39 is 6.10 Å². The van der Waals surface area contributed by atoms with Crippen LogP contribution in [-0.2, 0) is 0 Å². The van der Waals surface area contributed by atoms with Gasteiger partial charge in [-0.1, -0.05) is 0 Å². The first kappa shape index (κ1) is 13.7. The standard InChI is InChI=1S/C14H19NO4/c1-18-11-5-6-12(13(8-11)19-2)14(17)15-7-3-4-10(16)9-15/h5-6,8,10,16H,3-4,7,9H2,1-2H3. The molecule has 5 heteroatoms. The van der Waals surface area contributed by atoms with Crippen LogP contribution in [0, 0.1) is 0 Å². The van der Waals surface area contributed by atoms with Gasteiger partial charge in [0.2, 0.25) is 0 Å². The van der Waals surface area contributed by atoms with Crippen LogP contribution in [0.3, 0.4) is 0 Å². The van der Waals surface area contributed by atoms with Gasteiger partial charge < -0.3 is 19.5 Å². The number of piperidine rings is 1. The average molecular weight is 265 g/mol. The minimum Gasteiger partial charge on any atom is -0.497 e. The fraction of sp³-hybridized carbons (Fsp3) is 0.500. The lowest BCUT2D eigenvalue weighted by Crippen LogP contribution is -2.42. The Morgan fingerprint density at radius 3 is 2.79 bits per heavy atom. The highest BCUT2D eigenvalue weighted by Crippen LogP contribution is 2.26. The smallest absolute Gasteiger partial charge is 0.257 e. The Hall–Kier alpha value is -1.75. The minimum atomic E-state index is -0.429. The number of nitrogens with zero attached hydrogens (tertiary/aromatic N) is 1. The lowest BCUT2D eigenvalue weighted by Gasteiger charge is -2.30. The van der Waals surface area contributed by atoms with Crippen LogP contribution < -0.4 is 9.47 Å². The van der Waals surface area contributed by atoms with Crippen molar-refractivity contribution in [1.82, 2.24) is 4.90 Å². The van der Waals surface area contributed by atoms with Gasteiger partial charge in [0.05, 0.1) is 25.9 Å². The highest BCUT2D eigenvalue weighted by atomic mass is 16.5. The molecule has 1 aliphatic rings. The number of hydrogen-bond acceptors (Lipinski definition) is 4. The second-order valence-electron chi connectivity index (χ2n) is 4.61. The summed E-state index contributed by atoms with van der Waals surface area (Å²) in [5.74, 6) is 1.02. The van der Waals surface area contributed by atoms with Gasteiger partial charge in [0.25, 0.3) is 5.91 Å². The van der Waals surface area contributed by atoms with E-state index in [2.05, 4.69) is 0 Å². The second-order valence-corrected chi connectivity index (χ2v) is 4.61. The van der Waals surface area contributed by atoms with Gasteiger partial charge in [-0.05, 0) is 25.0 Å². The van der Waals surface area contributed by atoms with Gasteiger partial charge in [0.1, 0.15) is 11.5 Å². The number of hydrogen-bond donors (Lipinski definition) is 1. The molecule has 1 heterocycles. The zero-order chi connectivity index (χ0) is 13.8. The van der Waals surface area contributed by atoms with E-state index in [0.29, 0.717) is 30.2 Å². The summed E-state index contributed by atoms with van der Waals surface area (Å²) in [7, 11) is 3.09. The number of benzene rings is 1. The van der Waals surface area contributed by atoms with Crippen LogP contribution in [0.15, 0.2) is 18.2 Å². The molecule has 1 fully saturated rings. The SMILES string of the molecule is COc1ccc(C(=O)N2CCCC(O)C2)c(OC)c1. The number of carbonyl (C=O) groups is 1. The molecule has 1 aromatic carbocycles. The summed E-state index contributed by atoms with van der Waals surface area (Å²) in [5, 5.41) is 9.64. The molecule has 0 aliphatic carbocycles. The number of β-amino-alcohol motifs (C(OH)–C–C–N with tert-alkyl or cyclic N) is 1. The maximum atomic E-state index is 12.4. The highest BCUT2D eigenvalue weighted by molar-refractivity contribution is 5.97. The van der Waals surface area contributed by atoms with E-state index in [0.717, 1.165) is 12.8 Å². The molecule has 5 nitrogen and oxygen atoms in total. The second kappa shape index (κ2) is 5.93. The molecule has 1 amide bonds. The Labute approximate surface area is 112 Å². The van der Waals surface area contributed by atoms with Crippen molar-refractivity contribution in [2.24, 2.45) is 0 Å².